The number of fused-ring (bicyclic) bond motifs is 2. The molecule has 1 saturated heterocycles. The maximum atomic E-state index is 12.6. The molecule has 23 heavy (non-hydrogen) atoms. The molecule has 1 aromatic carbocycles. The molecule has 1 N–H and O–H groups in total. The zero-order valence-corrected chi connectivity index (χ0v) is 13.2. The minimum Gasteiger partial charge on any atom is -0.504 e. The van der Waals surface area contributed by atoms with E-state index < -0.39 is 11.6 Å². The number of benzene rings is 1. The van der Waals surface area contributed by atoms with E-state index >= 15 is 0 Å². The molecule has 2 fully saturated rings. The molecule has 4 aliphatic rings. The predicted octanol–water partition coefficient (Wildman–Crippen LogP) is 1.65. The standard InChI is InChI=1S/C17H19NO5/c1-18-13(20)8-17-6-5-9(19)7-12(17)23-16(18)10-3-4-11(22-2)15(21)14(10)17/h3-4,12,16,21H,5-8H2,1-2H3/t12-,16+,17?/m1/s1. The quantitative estimate of drug-likeness (QED) is 0.852. The molecule has 2 bridgehead atoms. The Balaban J connectivity index is 2.00. The van der Waals surface area contributed by atoms with Crippen LogP contribution in [-0.2, 0) is 19.7 Å². The molecule has 1 amide bonds. The van der Waals surface area contributed by atoms with Gasteiger partial charge in [-0.05, 0) is 12.5 Å². The molecule has 5 rings (SSSR count). The first-order valence-corrected chi connectivity index (χ1v) is 7.81. The van der Waals surface area contributed by atoms with Gasteiger partial charge in [0.1, 0.15) is 5.78 Å². The van der Waals surface area contributed by atoms with Gasteiger partial charge in [0.15, 0.2) is 17.7 Å². The number of hydrogen-bond donors (Lipinski definition) is 1. The molecule has 122 valence electrons. The van der Waals surface area contributed by atoms with Crippen LogP contribution in [0.5, 0.6) is 11.5 Å². The van der Waals surface area contributed by atoms with E-state index in [-0.39, 0.29) is 36.4 Å². The fourth-order valence-electron chi connectivity index (χ4n) is 4.32. The molecule has 1 aliphatic carbocycles. The first kappa shape index (κ1) is 14.5. The molecule has 3 aliphatic heterocycles. The van der Waals surface area contributed by atoms with Gasteiger partial charge in [0.25, 0.3) is 0 Å². The molecule has 6 nitrogen and oxygen atoms in total. The summed E-state index contributed by atoms with van der Waals surface area (Å²) in [7, 11) is 3.21. The first-order valence-electron chi connectivity index (χ1n) is 7.81. The highest BCUT2D eigenvalue weighted by atomic mass is 16.5. The fraction of sp³-hybridized carbons (Fsp3) is 0.529. The van der Waals surface area contributed by atoms with Gasteiger partial charge < -0.3 is 19.5 Å². The average Bonchev–Trinajstić information content (AvgIpc) is 2.69. The van der Waals surface area contributed by atoms with Gasteiger partial charge in [0, 0.05) is 42.9 Å². The van der Waals surface area contributed by atoms with Gasteiger partial charge in [-0.15, -0.1) is 0 Å². The van der Waals surface area contributed by atoms with Crippen molar-refractivity contribution in [1.82, 2.24) is 4.90 Å². The normalized spacial score (nSPS) is 32.3. The number of carbonyl (C=O) groups excluding carboxylic acids is 2. The molecule has 3 atom stereocenters. The Morgan fingerprint density at radius 2 is 2.17 bits per heavy atom. The van der Waals surface area contributed by atoms with Gasteiger partial charge in [0.2, 0.25) is 5.91 Å². The summed E-state index contributed by atoms with van der Waals surface area (Å²) in [6, 6.07) is 3.54. The van der Waals surface area contributed by atoms with Crippen molar-refractivity contribution in [3.8, 4) is 11.5 Å². The smallest absolute Gasteiger partial charge is 0.225 e. The van der Waals surface area contributed by atoms with Gasteiger partial charge in [-0.3, -0.25) is 9.59 Å². The van der Waals surface area contributed by atoms with Gasteiger partial charge in [-0.25, -0.2) is 0 Å². The molecule has 1 saturated carbocycles. The highest BCUT2D eigenvalue weighted by Gasteiger charge is 2.57. The van der Waals surface area contributed by atoms with Gasteiger partial charge in [-0.1, -0.05) is 6.07 Å². The number of phenols is 1. The van der Waals surface area contributed by atoms with Crippen LogP contribution in [0.25, 0.3) is 0 Å². The van der Waals surface area contributed by atoms with E-state index in [9.17, 15) is 14.7 Å². The van der Waals surface area contributed by atoms with E-state index in [2.05, 4.69) is 0 Å². The van der Waals surface area contributed by atoms with Gasteiger partial charge in [0.05, 0.1) is 13.2 Å². The highest BCUT2D eigenvalue weighted by molar-refractivity contribution is 5.85. The van der Waals surface area contributed by atoms with E-state index in [4.69, 9.17) is 9.47 Å². The van der Waals surface area contributed by atoms with E-state index in [0.717, 1.165) is 11.1 Å². The third kappa shape index (κ3) is 1.78. The van der Waals surface area contributed by atoms with Crippen LogP contribution < -0.4 is 4.74 Å². The Morgan fingerprint density at radius 3 is 2.91 bits per heavy atom. The number of phenolic OH excluding ortho intramolecular Hbond substituents is 1. The van der Waals surface area contributed by atoms with Crippen molar-refractivity contribution in [3.63, 3.8) is 0 Å². The van der Waals surface area contributed by atoms with Crippen LogP contribution in [0.2, 0.25) is 0 Å². The number of ether oxygens (including phenoxy) is 2. The SMILES string of the molecule is COc1ccc2c(c1O)C13CCC(=O)C[C@H]1O[C@@H]2N(C)C(=O)C3. The summed E-state index contributed by atoms with van der Waals surface area (Å²) < 4.78 is 11.4. The molecular weight excluding hydrogens is 298 g/mol. The largest absolute Gasteiger partial charge is 0.504 e. The first-order chi connectivity index (χ1) is 11.0. The summed E-state index contributed by atoms with van der Waals surface area (Å²) in [5.74, 6) is 0.575. The second-order valence-corrected chi connectivity index (χ2v) is 6.64. The topological polar surface area (TPSA) is 76.1 Å². The Bertz CT molecular complexity index is 715. The van der Waals surface area contributed by atoms with Crippen LogP contribution in [0.15, 0.2) is 12.1 Å². The number of rotatable bonds is 1. The Labute approximate surface area is 134 Å². The van der Waals surface area contributed by atoms with Crippen LogP contribution >= 0.6 is 0 Å². The molecule has 0 radical (unpaired) electrons. The number of aromatic hydroxyl groups is 1. The van der Waals surface area contributed by atoms with Crippen LogP contribution in [0.1, 0.15) is 43.0 Å². The summed E-state index contributed by atoms with van der Waals surface area (Å²) in [6.07, 6.45) is 0.488. The predicted molar refractivity (Wildman–Crippen MR) is 80.2 cm³/mol. The monoisotopic (exact) mass is 317 g/mol. The van der Waals surface area contributed by atoms with Crippen LogP contribution in [-0.4, -0.2) is 42.0 Å². The van der Waals surface area contributed by atoms with Crippen molar-refractivity contribution < 1.29 is 24.2 Å². The average molecular weight is 317 g/mol. The lowest BCUT2D eigenvalue weighted by molar-refractivity contribution is -0.151. The summed E-state index contributed by atoms with van der Waals surface area (Å²) in [5.41, 5.74) is 0.866. The third-order valence-corrected chi connectivity index (χ3v) is 5.54. The molecular formula is C17H19NO5. The van der Waals surface area contributed by atoms with Gasteiger partial charge >= 0.3 is 0 Å². The lowest BCUT2D eigenvalue weighted by atomic mass is 9.63. The van der Waals surface area contributed by atoms with E-state index in [1.807, 2.05) is 6.07 Å². The van der Waals surface area contributed by atoms with Crippen LogP contribution in [0, 0.1) is 0 Å². The van der Waals surface area contributed by atoms with Crippen molar-refractivity contribution in [3.05, 3.63) is 23.3 Å². The number of methoxy groups -OCH3 is 1. The zero-order chi connectivity index (χ0) is 16.4. The number of nitrogens with zero attached hydrogens (tertiary/aromatic N) is 1. The molecule has 0 aromatic heterocycles. The van der Waals surface area contributed by atoms with Gasteiger partial charge in [-0.2, -0.15) is 0 Å². The minimum atomic E-state index is -0.653. The van der Waals surface area contributed by atoms with Crippen LogP contribution in [0.4, 0.5) is 0 Å². The lowest BCUT2D eigenvalue weighted by Gasteiger charge is -2.47. The number of amides is 1. The number of ketones is 1. The maximum Gasteiger partial charge on any atom is 0.225 e. The summed E-state index contributed by atoms with van der Waals surface area (Å²) in [5, 5.41) is 10.8. The van der Waals surface area contributed by atoms with E-state index in [1.165, 1.54) is 7.11 Å². The third-order valence-electron chi connectivity index (χ3n) is 5.54. The minimum absolute atomic E-state index is 0.0265. The number of Topliss-reactive ketones (excluding diaryl/α,β-unsaturated/α-hetero) is 1. The number of carbonyl (C=O) groups is 2. The zero-order valence-electron chi connectivity index (χ0n) is 13.2. The van der Waals surface area contributed by atoms with Crippen molar-refractivity contribution in [2.45, 2.75) is 43.4 Å². The Hall–Kier alpha value is -2.08. The Kier molecular flexibility index (Phi) is 2.97. The second kappa shape index (κ2) is 4.71. The van der Waals surface area contributed by atoms with E-state index in [1.54, 1.807) is 18.0 Å². The fourth-order valence-corrected chi connectivity index (χ4v) is 4.32. The molecule has 1 aromatic rings. The van der Waals surface area contributed by atoms with Crippen molar-refractivity contribution >= 4 is 11.7 Å². The highest BCUT2D eigenvalue weighted by Crippen LogP contribution is 2.57. The molecule has 1 unspecified atom stereocenters. The summed E-state index contributed by atoms with van der Waals surface area (Å²) in [6.45, 7) is 0. The van der Waals surface area contributed by atoms with E-state index in [0.29, 0.717) is 18.6 Å². The molecule has 3 heterocycles. The second-order valence-electron chi connectivity index (χ2n) is 6.64. The van der Waals surface area contributed by atoms with Crippen molar-refractivity contribution in [2.75, 3.05) is 14.2 Å². The van der Waals surface area contributed by atoms with Crippen molar-refractivity contribution in [1.29, 1.82) is 0 Å². The maximum absolute atomic E-state index is 12.6. The lowest BCUT2D eigenvalue weighted by Crippen LogP contribution is -2.49. The summed E-state index contributed by atoms with van der Waals surface area (Å²) in [4.78, 5) is 26.1. The molecule has 1 spiro atoms. The Morgan fingerprint density at radius 1 is 1.39 bits per heavy atom. The summed E-state index contributed by atoms with van der Waals surface area (Å²) >= 11 is 0. The molecule has 6 heteroatoms. The van der Waals surface area contributed by atoms with Crippen LogP contribution in [0.3, 0.4) is 0 Å². The number of hydrogen-bond acceptors (Lipinski definition) is 5. The van der Waals surface area contributed by atoms with Crippen molar-refractivity contribution in [2.24, 2.45) is 0 Å².